The van der Waals surface area contributed by atoms with Gasteiger partial charge in [-0.15, -0.1) is 12.4 Å². The smallest absolute Gasteiger partial charge is 0.131 e. The van der Waals surface area contributed by atoms with Crippen LogP contribution in [0.15, 0.2) is 23.8 Å². The van der Waals surface area contributed by atoms with E-state index in [9.17, 15) is 4.39 Å². The average Bonchev–Trinajstić information content (AvgIpc) is 2.29. The second-order valence-electron chi connectivity index (χ2n) is 3.79. The summed E-state index contributed by atoms with van der Waals surface area (Å²) in [5, 5.41) is 4.09. The third-order valence-electron chi connectivity index (χ3n) is 2.69. The summed E-state index contributed by atoms with van der Waals surface area (Å²) < 4.78 is 14.1. The highest BCUT2D eigenvalue weighted by Gasteiger charge is 2.14. The summed E-state index contributed by atoms with van der Waals surface area (Å²) in [6.45, 7) is 1.65. The summed E-state index contributed by atoms with van der Waals surface area (Å²) in [5.41, 5.74) is 1.28. The van der Waals surface area contributed by atoms with Gasteiger partial charge in [0.15, 0.2) is 0 Å². The maximum absolute atomic E-state index is 14.1. The number of nitrogens with one attached hydrogen (secondary N) is 1. The highest BCUT2D eigenvalue weighted by atomic mass is 35.5. The molecule has 1 aliphatic heterocycles. The van der Waals surface area contributed by atoms with Crippen molar-refractivity contribution in [1.29, 1.82) is 0 Å². The summed E-state index contributed by atoms with van der Waals surface area (Å²) >= 11 is 11.7. The Bertz CT molecular complexity index is 424. The SMILES string of the molecule is Cl.FC(=C1CCNCC1)c1ccc(Cl)cc1Cl. The molecule has 17 heavy (non-hydrogen) atoms. The van der Waals surface area contributed by atoms with E-state index in [0.29, 0.717) is 15.6 Å². The van der Waals surface area contributed by atoms with E-state index in [1.807, 2.05) is 0 Å². The lowest BCUT2D eigenvalue weighted by Crippen LogP contribution is -2.23. The number of halogens is 4. The second kappa shape index (κ2) is 6.60. The summed E-state index contributed by atoms with van der Waals surface area (Å²) in [6, 6.07) is 4.86. The Hall–Kier alpha value is -0.280. The van der Waals surface area contributed by atoms with Crippen LogP contribution in [0.1, 0.15) is 18.4 Å². The Labute approximate surface area is 116 Å². The Kier molecular flexibility index (Phi) is 5.74. The normalized spacial score (nSPS) is 15.4. The second-order valence-corrected chi connectivity index (χ2v) is 4.64. The highest BCUT2D eigenvalue weighted by Crippen LogP contribution is 2.32. The van der Waals surface area contributed by atoms with Gasteiger partial charge in [-0.1, -0.05) is 23.2 Å². The van der Waals surface area contributed by atoms with Gasteiger partial charge in [0, 0.05) is 10.6 Å². The van der Waals surface area contributed by atoms with Gasteiger partial charge in [-0.3, -0.25) is 0 Å². The zero-order valence-electron chi connectivity index (χ0n) is 9.10. The van der Waals surface area contributed by atoms with Crippen molar-refractivity contribution in [2.45, 2.75) is 12.8 Å². The van der Waals surface area contributed by atoms with Crippen LogP contribution in [0.2, 0.25) is 10.0 Å². The third-order valence-corrected chi connectivity index (χ3v) is 3.23. The average molecular weight is 297 g/mol. The summed E-state index contributed by atoms with van der Waals surface area (Å²) in [4.78, 5) is 0. The lowest BCUT2D eigenvalue weighted by molar-refractivity contribution is 0.596. The van der Waals surface area contributed by atoms with Crippen molar-refractivity contribution in [3.8, 4) is 0 Å². The molecule has 0 aromatic heterocycles. The number of piperidine rings is 1. The molecule has 0 atom stereocenters. The molecular formula is C12H13Cl3FN. The van der Waals surface area contributed by atoms with E-state index >= 15 is 0 Å². The van der Waals surface area contributed by atoms with E-state index in [-0.39, 0.29) is 18.2 Å². The van der Waals surface area contributed by atoms with Gasteiger partial charge in [0.2, 0.25) is 0 Å². The van der Waals surface area contributed by atoms with Crippen molar-refractivity contribution in [2.24, 2.45) is 0 Å². The molecule has 1 saturated heterocycles. The largest absolute Gasteiger partial charge is 0.316 e. The van der Waals surface area contributed by atoms with Crippen molar-refractivity contribution in [3.05, 3.63) is 39.4 Å². The molecule has 94 valence electrons. The summed E-state index contributed by atoms with van der Waals surface area (Å²) in [6.07, 6.45) is 1.48. The molecule has 0 saturated carbocycles. The molecule has 1 aliphatic rings. The molecule has 1 fully saturated rings. The van der Waals surface area contributed by atoms with Crippen LogP contribution in [0.25, 0.3) is 5.83 Å². The lowest BCUT2D eigenvalue weighted by Gasteiger charge is -2.16. The highest BCUT2D eigenvalue weighted by molar-refractivity contribution is 6.35. The standard InChI is InChI=1S/C12H12Cl2FN.ClH/c13-9-1-2-10(11(14)7-9)12(15)8-3-5-16-6-4-8;/h1-2,7,16H,3-6H2;1H. The quantitative estimate of drug-likeness (QED) is 0.806. The Morgan fingerprint density at radius 3 is 2.41 bits per heavy atom. The van der Waals surface area contributed by atoms with Crippen LogP contribution in [0.5, 0.6) is 0 Å². The molecule has 0 bridgehead atoms. The molecule has 0 aliphatic carbocycles. The van der Waals surface area contributed by atoms with Crippen LogP contribution in [0.3, 0.4) is 0 Å². The van der Waals surface area contributed by atoms with Crippen molar-refractivity contribution in [3.63, 3.8) is 0 Å². The molecule has 0 amide bonds. The minimum Gasteiger partial charge on any atom is -0.316 e. The van der Waals surface area contributed by atoms with E-state index in [1.54, 1.807) is 18.2 Å². The van der Waals surface area contributed by atoms with Crippen molar-refractivity contribution < 1.29 is 4.39 Å². The van der Waals surface area contributed by atoms with Crippen molar-refractivity contribution >= 4 is 41.4 Å². The van der Waals surface area contributed by atoms with E-state index < -0.39 is 0 Å². The van der Waals surface area contributed by atoms with E-state index in [0.717, 1.165) is 31.5 Å². The predicted octanol–water partition coefficient (Wildman–Crippen LogP) is 4.48. The Morgan fingerprint density at radius 1 is 1.18 bits per heavy atom. The van der Waals surface area contributed by atoms with E-state index in [1.165, 1.54) is 0 Å². The summed E-state index contributed by atoms with van der Waals surface area (Å²) in [5.74, 6) is -0.192. The maximum atomic E-state index is 14.1. The van der Waals surface area contributed by atoms with E-state index in [2.05, 4.69) is 5.32 Å². The van der Waals surface area contributed by atoms with Crippen LogP contribution in [-0.2, 0) is 0 Å². The molecule has 0 unspecified atom stereocenters. The van der Waals surface area contributed by atoms with Crippen LogP contribution >= 0.6 is 35.6 Å². The summed E-state index contributed by atoms with van der Waals surface area (Å²) in [7, 11) is 0. The zero-order valence-corrected chi connectivity index (χ0v) is 11.4. The van der Waals surface area contributed by atoms with Crippen LogP contribution in [-0.4, -0.2) is 13.1 Å². The molecular weight excluding hydrogens is 283 g/mol. The van der Waals surface area contributed by atoms with Crippen molar-refractivity contribution in [1.82, 2.24) is 5.32 Å². The van der Waals surface area contributed by atoms with Gasteiger partial charge in [0.25, 0.3) is 0 Å². The fourth-order valence-corrected chi connectivity index (χ4v) is 2.30. The number of rotatable bonds is 1. The van der Waals surface area contributed by atoms with Gasteiger partial charge in [-0.05, 0) is 49.7 Å². The van der Waals surface area contributed by atoms with Gasteiger partial charge in [-0.25, -0.2) is 4.39 Å². The minimum atomic E-state index is -0.192. The number of benzene rings is 1. The molecule has 1 aromatic carbocycles. The first-order chi connectivity index (χ1) is 7.68. The molecule has 0 spiro atoms. The van der Waals surface area contributed by atoms with E-state index in [4.69, 9.17) is 23.2 Å². The van der Waals surface area contributed by atoms with Crippen LogP contribution in [0.4, 0.5) is 4.39 Å². The van der Waals surface area contributed by atoms with Gasteiger partial charge >= 0.3 is 0 Å². The zero-order chi connectivity index (χ0) is 11.5. The number of hydrogen-bond acceptors (Lipinski definition) is 1. The van der Waals surface area contributed by atoms with Gasteiger partial charge in [0.05, 0.1) is 5.02 Å². The van der Waals surface area contributed by atoms with Crippen LogP contribution < -0.4 is 5.32 Å². The Morgan fingerprint density at radius 2 is 1.82 bits per heavy atom. The van der Waals surface area contributed by atoms with Gasteiger partial charge < -0.3 is 5.32 Å². The minimum absolute atomic E-state index is 0. The maximum Gasteiger partial charge on any atom is 0.131 e. The van der Waals surface area contributed by atoms with Gasteiger partial charge in [0.1, 0.15) is 5.83 Å². The molecule has 1 aromatic rings. The Balaban J connectivity index is 0.00000144. The lowest BCUT2D eigenvalue weighted by atomic mass is 10.0. The molecule has 1 N–H and O–H groups in total. The van der Waals surface area contributed by atoms with Crippen LogP contribution in [0, 0.1) is 0 Å². The molecule has 1 nitrogen and oxygen atoms in total. The first-order valence-electron chi connectivity index (χ1n) is 5.22. The molecule has 0 radical (unpaired) electrons. The molecule has 5 heteroatoms. The van der Waals surface area contributed by atoms with Crippen molar-refractivity contribution in [2.75, 3.05) is 13.1 Å². The fourth-order valence-electron chi connectivity index (χ4n) is 1.81. The predicted molar refractivity (Wildman–Crippen MR) is 73.8 cm³/mol. The van der Waals surface area contributed by atoms with Gasteiger partial charge in [-0.2, -0.15) is 0 Å². The third kappa shape index (κ3) is 3.59. The first kappa shape index (κ1) is 14.8. The monoisotopic (exact) mass is 295 g/mol. The fraction of sp³-hybridized carbons (Fsp3) is 0.333. The number of hydrogen-bond donors (Lipinski definition) is 1. The first-order valence-corrected chi connectivity index (χ1v) is 5.98. The topological polar surface area (TPSA) is 12.0 Å². The molecule has 2 rings (SSSR count). The molecule has 1 heterocycles.